The molecule has 1 aromatic rings. The van der Waals surface area contributed by atoms with E-state index >= 15 is 0 Å². The summed E-state index contributed by atoms with van der Waals surface area (Å²) in [7, 11) is 0. The molecule has 0 aliphatic carbocycles. The summed E-state index contributed by atoms with van der Waals surface area (Å²) < 4.78 is 0. The lowest BCUT2D eigenvalue weighted by molar-refractivity contribution is -0.112. The first kappa shape index (κ1) is 16.2. The Bertz CT molecular complexity index is 598. The minimum atomic E-state index is 0.0815. The van der Waals surface area contributed by atoms with Gasteiger partial charge >= 0.3 is 0 Å². The normalized spacial score (nSPS) is 13.1. The molecule has 0 aliphatic heterocycles. The Morgan fingerprint density at radius 2 is 1.70 bits per heavy atom. The van der Waals surface area contributed by atoms with Gasteiger partial charge in [-0.05, 0) is 75.5 Å². The molecule has 0 unspecified atom stereocenters. The molecule has 0 atom stereocenters. The van der Waals surface area contributed by atoms with Gasteiger partial charge in [0.15, 0.2) is 5.78 Å². The Labute approximate surface area is 122 Å². The maximum absolute atomic E-state index is 11.0. The number of rotatable bonds is 4. The fraction of sp³-hybridized carbons (Fsp3) is 0.316. The maximum Gasteiger partial charge on any atom is 0.152 e. The summed E-state index contributed by atoms with van der Waals surface area (Å²) in [6, 6.07) is 4.43. The molecule has 20 heavy (non-hydrogen) atoms. The molecule has 1 nitrogen and oxygen atoms in total. The smallest absolute Gasteiger partial charge is 0.152 e. The Morgan fingerprint density at radius 1 is 1.05 bits per heavy atom. The van der Waals surface area contributed by atoms with Gasteiger partial charge < -0.3 is 0 Å². The summed E-state index contributed by atoms with van der Waals surface area (Å²) in [5.74, 6) is 0.0815. The quantitative estimate of drug-likeness (QED) is 0.548. The van der Waals surface area contributed by atoms with Crippen LogP contribution >= 0.6 is 0 Å². The Hall–Kier alpha value is -1.89. The lowest BCUT2D eigenvalue weighted by Crippen LogP contribution is -1.91. The first-order chi connectivity index (χ1) is 9.31. The van der Waals surface area contributed by atoms with Crippen molar-refractivity contribution in [3.05, 3.63) is 64.3 Å². The second-order valence-corrected chi connectivity index (χ2v) is 5.46. The highest BCUT2D eigenvalue weighted by atomic mass is 16.1. The van der Waals surface area contributed by atoms with Crippen LogP contribution in [0.3, 0.4) is 0 Å². The Kier molecular flexibility index (Phi) is 5.69. The van der Waals surface area contributed by atoms with Crippen LogP contribution in [0, 0.1) is 20.8 Å². The van der Waals surface area contributed by atoms with Gasteiger partial charge in [0.1, 0.15) is 0 Å². The topological polar surface area (TPSA) is 17.1 Å². The summed E-state index contributed by atoms with van der Waals surface area (Å²) >= 11 is 0. The van der Waals surface area contributed by atoms with E-state index in [0.29, 0.717) is 0 Å². The van der Waals surface area contributed by atoms with Crippen LogP contribution in [0.1, 0.15) is 43.0 Å². The number of allylic oxidation sites excluding steroid dienone is 6. The molecule has 0 bridgehead atoms. The number of carbonyl (C=O) groups is 1. The Balaban J connectivity index is 3.01. The average Bonchev–Trinajstić information content (AvgIpc) is 2.32. The van der Waals surface area contributed by atoms with Crippen LogP contribution in [-0.2, 0) is 4.79 Å². The average molecular weight is 268 g/mol. The van der Waals surface area contributed by atoms with Gasteiger partial charge in [0.05, 0.1) is 0 Å². The molecule has 0 saturated carbocycles. The molecule has 0 amide bonds. The molecule has 0 heterocycles. The molecule has 0 saturated heterocycles. The van der Waals surface area contributed by atoms with Crippen molar-refractivity contribution < 1.29 is 4.79 Å². The van der Waals surface area contributed by atoms with E-state index in [2.05, 4.69) is 45.9 Å². The molecule has 0 N–H and O–H groups in total. The molecule has 1 heteroatoms. The number of hydrogen-bond acceptors (Lipinski definition) is 1. The van der Waals surface area contributed by atoms with E-state index in [1.165, 1.54) is 27.8 Å². The van der Waals surface area contributed by atoms with Crippen LogP contribution in [0.15, 0.2) is 42.0 Å². The number of hydrogen-bond donors (Lipinski definition) is 0. The standard InChI is InChI=1S/C19H24O/c1-13(11-17(5)20)8-7-9-15(3)19-12-14(2)10-16(4)18(19)6/h7-12H,1-6H3/b8-7+,13-11+,15-9-. The van der Waals surface area contributed by atoms with Crippen LogP contribution in [0.4, 0.5) is 0 Å². The fourth-order valence-corrected chi connectivity index (χ4v) is 2.25. The molecule has 106 valence electrons. The zero-order chi connectivity index (χ0) is 15.3. The number of carbonyl (C=O) groups excluding carboxylic acids is 1. The first-order valence-electron chi connectivity index (χ1n) is 6.93. The van der Waals surface area contributed by atoms with Crippen molar-refractivity contribution in [1.82, 2.24) is 0 Å². The van der Waals surface area contributed by atoms with Crippen molar-refractivity contribution in [3.63, 3.8) is 0 Å². The largest absolute Gasteiger partial charge is 0.295 e. The van der Waals surface area contributed by atoms with E-state index in [-0.39, 0.29) is 5.78 Å². The molecule has 0 aromatic heterocycles. The molecular weight excluding hydrogens is 244 g/mol. The van der Waals surface area contributed by atoms with Gasteiger partial charge in [0, 0.05) is 0 Å². The van der Waals surface area contributed by atoms with Gasteiger partial charge in [-0.1, -0.05) is 35.9 Å². The van der Waals surface area contributed by atoms with Gasteiger partial charge in [-0.2, -0.15) is 0 Å². The molecule has 0 aliphatic rings. The van der Waals surface area contributed by atoms with Gasteiger partial charge in [-0.15, -0.1) is 0 Å². The summed E-state index contributed by atoms with van der Waals surface area (Å²) in [6.07, 6.45) is 7.70. The van der Waals surface area contributed by atoms with Crippen molar-refractivity contribution >= 4 is 11.4 Å². The molecular formula is C19H24O. The fourth-order valence-electron chi connectivity index (χ4n) is 2.25. The third-order valence-corrected chi connectivity index (χ3v) is 3.37. The molecule has 1 rings (SSSR count). The van der Waals surface area contributed by atoms with E-state index in [0.717, 1.165) is 5.57 Å². The number of benzene rings is 1. The second-order valence-electron chi connectivity index (χ2n) is 5.46. The second kappa shape index (κ2) is 7.04. The highest BCUT2D eigenvalue weighted by molar-refractivity contribution is 5.88. The van der Waals surface area contributed by atoms with Gasteiger partial charge in [0.25, 0.3) is 0 Å². The van der Waals surface area contributed by atoms with E-state index < -0.39 is 0 Å². The highest BCUT2D eigenvalue weighted by Crippen LogP contribution is 2.23. The highest BCUT2D eigenvalue weighted by Gasteiger charge is 2.03. The minimum absolute atomic E-state index is 0.0815. The summed E-state index contributed by atoms with van der Waals surface area (Å²) in [6.45, 7) is 12.1. The lowest BCUT2D eigenvalue weighted by Gasteiger charge is -2.10. The van der Waals surface area contributed by atoms with Crippen molar-refractivity contribution in [2.75, 3.05) is 0 Å². The molecule has 0 fully saturated rings. The predicted molar refractivity (Wildman–Crippen MR) is 87.9 cm³/mol. The van der Waals surface area contributed by atoms with Crippen LogP contribution in [0.5, 0.6) is 0 Å². The third kappa shape index (κ3) is 4.65. The van der Waals surface area contributed by atoms with Crippen molar-refractivity contribution in [2.24, 2.45) is 0 Å². The molecule has 0 spiro atoms. The van der Waals surface area contributed by atoms with E-state index in [9.17, 15) is 4.79 Å². The summed E-state index contributed by atoms with van der Waals surface area (Å²) in [4.78, 5) is 11.0. The first-order valence-corrected chi connectivity index (χ1v) is 6.93. The maximum atomic E-state index is 11.0. The number of ketones is 1. The zero-order valence-electron chi connectivity index (χ0n) is 13.4. The van der Waals surface area contributed by atoms with Crippen LogP contribution in [0.2, 0.25) is 0 Å². The summed E-state index contributed by atoms with van der Waals surface area (Å²) in [5, 5.41) is 0. The lowest BCUT2D eigenvalue weighted by atomic mass is 9.95. The van der Waals surface area contributed by atoms with Gasteiger partial charge in [0.2, 0.25) is 0 Å². The van der Waals surface area contributed by atoms with Crippen LogP contribution < -0.4 is 0 Å². The van der Waals surface area contributed by atoms with Gasteiger partial charge in [-0.25, -0.2) is 0 Å². The van der Waals surface area contributed by atoms with Crippen LogP contribution in [-0.4, -0.2) is 5.78 Å². The Morgan fingerprint density at radius 3 is 2.30 bits per heavy atom. The van der Waals surface area contributed by atoms with E-state index in [1.807, 2.05) is 19.1 Å². The third-order valence-electron chi connectivity index (χ3n) is 3.37. The number of aryl methyl sites for hydroxylation is 2. The minimum Gasteiger partial charge on any atom is -0.295 e. The predicted octanol–water partition coefficient (Wildman–Crippen LogP) is 5.11. The molecule has 1 aromatic carbocycles. The van der Waals surface area contributed by atoms with Crippen LogP contribution in [0.25, 0.3) is 5.57 Å². The van der Waals surface area contributed by atoms with E-state index in [4.69, 9.17) is 0 Å². The monoisotopic (exact) mass is 268 g/mol. The summed E-state index contributed by atoms with van der Waals surface area (Å²) in [5.41, 5.74) is 7.44. The molecule has 0 radical (unpaired) electrons. The van der Waals surface area contributed by atoms with E-state index in [1.54, 1.807) is 13.0 Å². The zero-order valence-corrected chi connectivity index (χ0v) is 13.4. The van der Waals surface area contributed by atoms with Crippen molar-refractivity contribution in [3.8, 4) is 0 Å². The van der Waals surface area contributed by atoms with Crippen molar-refractivity contribution in [1.29, 1.82) is 0 Å². The van der Waals surface area contributed by atoms with Gasteiger partial charge in [-0.3, -0.25) is 4.79 Å². The SMILES string of the molecule is CC(=O)/C=C(C)/C=C/C=C(/C)c1cc(C)cc(C)c1C. The van der Waals surface area contributed by atoms with Crippen molar-refractivity contribution in [2.45, 2.75) is 41.5 Å².